The van der Waals surface area contributed by atoms with Gasteiger partial charge in [-0.3, -0.25) is 9.36 Å². The Kier molecular flexibility index (Phi) is 8.54. The monoisotopic (exact) mass is 541 g/mol. The van der Waals surface area contributed by atoms with Crippen LogP contribution in [-0.4, -0.2) is 50.4 Å². The average Bonchev–Trinajstić information content (AvgIpc) is 3.56. The number of carboxylic acid groups (broad SMARTS) is 1. The van der Waals surface area contributed by atoms with Gasteiger partial charge in [-0.1, -0.05) is 55.0 Å². The van der Waals surface area contributed by atoms with Crippen molar-refractivity contribution in [3.05, 3.63) is 71.9 Å². The Morgan fingerprint density at radius 2 is 1.79 bits per heavy atom. The molecule has 0 aliphatic heterocycles. The Hall–Kier alpha value is -3.62. The summed E-state index contributed by atoms with van der Waals surface area (Å²) in [6, 6.07) is 15.3. The predicted molar refractivity (Wildman–Crippen MR) is 142 cm³/mol. The van der Waals surface area contributed by atoms with Crippen LogP contribution in [-0.2, 0) is 31.9 Å². The molecule has 4 rings (SSSR count). The highest BCUT2D eigenvalue weighted by molar-refractivity contribution is 7.59. The first-order chi connectivity index (χ1) is 18.2. The van der Waals surface area contributed by atoms with Crippen LogP contribution in [0.5, 0.6) is 0 Å². The van der Waals surface area contributed by atoms with Crippen molar-refractivity contribution in [2.75, 3.05) is 0 Å². The standard InChI is InChI=1S/C27H32N3O7P/c1-17(29-27(34)37-16-18-8-3-2-4-9-18)38(35,36)24-13-7-11-21(24)25(31)30-23(26(32)33)14-19-15-28-22-12-6-5-10-20(19)22/h2-6,8-10,12,15,17,21,23-24,28H,7,11,13-14,16H2,1H3,(H,29,34)(H,30,31)(H,32,33)(H,35,36)/t17-,21?,23+,24?/m1/s1. The van der Waals surface area contributed by atoms with E-state index in [4.69, 9.17) is 4.74 Å². The number of amides is 2. The van der Waals surface area contributed by atoms with Crippen molar-refractivity contribution >= 4 is 36.2 Å². The van der Waals surface area contributed by atoms with Crippen molar-refractivity contribution in [1.29, 1.82) is 0 Å². The zero-order valence-electron chi connectivity index (χ0n) is 21.0. The molecule has 5 atom stereocenters. The van der Waals surface area contributed by atoms with Gasteiger partial charge in [0, 0.05) is 35.1 Å². The normalized spacial score (nSPS) is 20.3. The number of rotatable bonds is 10. The maximum Gasteiger partial charge on any atom is 0.408 e. The number of ether oxygens (including phenoxy) is 1. The molecule has 0 saturated heterocycles. The second-order valence-electron chi connectivity index (χ2n) is 9.62. The number of carboxylic acids is 1. The van der Waals surface area contributed by atoms with Gasteiger partial charge < -0.3 is 30.4 Å². The summed E-state index contributed by atoms with van der Waals surface area (Å²) in [6.07, 6.45) is 2.16. The van der Waals surface area contributed by atoms with Gasteiger partial charge in [-0.25, -0.2) is 9.59 Å². The third kappa shape index (κ3) is 6.26. The molecule has 1 heterocycles. The maximum atomic E-state index is 13.4. The Labute approximate surface area is 220 Å². The first-order valence-electron chi connectivity index (χ1n) is 12.5. The molecule has 2 aromatic carbocycles. The number of fused-ring (bicyclic) bond motifs is 1. The molecule has 2 amide bonds. The number of H-pyrrole nitrogens is 1. The van der Waals surface area contributed by atoms with Gasteiger partial charge in [0.25, 0.3) is 0 Å². The van der Waals surface area contributed by atoms with E-state index in [1.165, 1.54) is 6.92 Å². The Balaban J connectivity index is 1.38. The fourth-order valence-corrected chi connectivity index (χ4v) is 7.22. The summed E-state index contributed by atoms with van der Waals surface area (Å²) >= 11 is 0. The molecule has 1 fully saturated rings. The second kappa shape index (κ2) is 11.8. The van der Waals surface area contributed by atoms with Crippen molar-refractivity contribution < 1.29 is 33.7 Å². The lowest BCUT2D eigenvalue weighted by Gasteiger charge is -2.29. The number of aromatic nitrogens is 1. The number of carbonyl (C=O) groups excluding carboxylic acids is 2. The van der Waals surface area contributed by atoms with E-state index < -0.39 is 48.7 Å². The van der Waals surface area contributed by atoms with Crippen LogP contribution in [0.3, 0.4) is 0 Å². The number of hydrogen-bond donors (Lipinski definition) is 5. The fourth-order valence-electron chi connectivity index (χ4n) is 5.00. The third-order valence-corrected chi connectivity index (χ3v) is 9.91. The molecule has 3 aromatic rings. The average molecular weight is 542 g/mol. The highest BCUT2D eigenvalue weighted by atomic mass is 31.2. The van der Waals surface area contributed by atoms with Gasteiger partial charge in [0.2, 0.25) is 13.3 Å². The fraction of sp³-hybridized carbons (Fsp3) is 0.370. The Morgan fingerprint density at radius 3 is 2.53 bits per heavy atom. The maximum absolute atomic E-state index is 13.4. The molecular weight excluding hydrogens is 509 g/mol. The molecule has 0 spiro atoms. The molecule has 0 radical (unpaired) electrons. The molecule has 3 unspecified atom stereocenters. The van der Waals surface area contributed by atoms with Gasteiger partial charge in [-0.05, 0) is 37.0 Å². The minimum absolute atomic E-state index is 0.0105. The Morgan fingerprint density at radius 1 is 1.08 bits per heavy atom. The van der Waals surface area contributed by atoms with Crippen molar-refractivity contribution in [1.82, 2.24) is 15.6 Å². The molecular formula is C27H32N3O7P. The molecule has 38 heavy (non-hydrogen) atoms. The van der Waals surface area contributed by atoms with Crippen LogP contribution in [0.15, 0.2) is 60.8 Å². The molecule has 202 valence electrons. The van der Waals surface area contributed by atoms with Crippen LogP contribution >= 0.6 is 7.37 Å². The lowest BCUT2D eigenvalue weighted by Crippen LogP contribution is -2.47. The van der Waals surface area contributed by atoms with Crippen LogP contribution in [0.2, 0.25) is 0 Å². The van der Waals surface area contributed by atoms with Crippen LogP contribution in [0, 0.1) is 5.92 Å². The number of aromatic amines is 1. The van der Waals surface area contributed by atoms with E-state index in [1.54, 1.807) is 18.3 Å². The summed E-state index contributed by atoms with van der Waals surface area (Å²) in [7, 11) is -4.07. The quantitative estimate of drug-likeness (QED) is 0.243. The predicted octanol–water partition coefficient (Wildman–Crippen LogP) is 3.99. The molecule has 5 N–H and O–H groups in total. The van der Waals surface area contributed by atoms with Gasteiger partial charge in [-0.2, -0.15) is 0 Å². The van der Waals surface area contributed by atoms with E-state index in [2.05, 4.69) is 15.6 Å². The van der Waals surface area contributed by atoms with Crippen LogP contribution in [0.4, 0.5) is 4.79 Å². The van der Waals surface area contributed by atoms with E-state index in [0.29, 0.717) is 19.3 Å². The summed E-state index contributed by atoms with van der Waals surface area (Å²) in [6.45, 7) is 1.42. The Bertz CT molecular complexity index is 1340. The SMILES string of the molecule is C[C@H](NC(=O)OCc1ccccc1)P(=O)(O)C1CCCC1C(=O)N[C@@H](Cc1c[nH]c2ccccc12)C(=O)O. The number of benzene rings is 2. The van der Waals surface area contributed by atoms with E-state index in [1.807, 2.05) is 42.5 Å². The van der Waals surface area contributed by atoms with Crippen LogP contribution in [0.1, 0.15) is 37.3 Å². The topological polar surface area (TPSA) is 158 Å². The molecule has 0 bridgehead atoms. The highest BCUT2D eigenvalue weighted by Gasteiger charge is 2.47. The lowest BCUT2D eigenvalue weighted by molar-refractivity contribution is -0.142. The second-order valence-corrected chi connectivity index (χ2v) is 12.4. The zero-order valence-corrected chi connectivity index (χ0v) is 21.9. The molecule has 1 aliphatic rings. The van der Waals surface area contributed by atoms with Crippen molar-refractivity contribution in [3.8, 4) is 0 Å². The number of aliphatic carboxylic acids is 1. The number of nitrogens with one attached hydrogen (secondary N) is 3. The summed E-state index contributed by atoms with van der Waals surface area (Å²) in [4.78, 5) is 51.5. The highest BCUT2D eigenvalue weighted by Crippen LogP contribution is 2.57. The molecule has 1 aliphatic carbocycles. The van der Waals surface area contributed by atoms with Gasteiger partial charge in [0.1, 0.15) is 18.4 Å². The molecule has 1 aromatic heterocycles. The van der Waals surface area contributed by atoms with Crippen LogP contribution in [0.25, 0.3) is 10.9 Å². The van der Waals surface area contributed by atoms with Gasteiger partial charge >= 0.3 is 12.1 Å². The number of carbonyl (C=O) groups is 3. The first kappa shape index (κ1) is 27.4. The van der Waals surface area contributed by atoms with Crippen LogP contribution < -0.4 is 10.6 Å². The van der Waals surface area contributed by atoms with Gasteiger partial charge in [0.05, 0.1) is 0 Å². The number of para-hydroxylation sites is 1. The molecule has 10 nitrogen and oxygen atoms in total. The summed E-state index contributed by atoms with van der Waals surface area (Å²) in [5.74, 6) is -3.76. The number of alkyl carbamates (subject to hydrolysis) is 1. The molecule has 1 saturated carbocycles. The van der Waals surface area contributed by atoms with Gasteiger partial charge in [0.15, 0.2) is 0 Å². The van der Waals surface area contributed by atoms with E-state index in [9.17, 15) is 28.9 Å². The summed E-state index contributed by atoms with van der Waals surface area (Å²) < 4.78 is 18.6. The lowest BCUT2D eigenvalue weighted by atomic mass is 10.0. The largest absolute Gasteiger partial charge is 0.480 e. The molecule has 11 heteroatoms. The summed E-state index contributed by atoms with van der Waals surface area (Å²) in [5.41, 5.74) is 1.47. The first-order valence-corrected chi connectivity index (χ1v) is 14.3. The van der Waals surface area contributed by atoms with E-state index >= 15 is 0 Å². The van der Waals surface area contributed by atoms with Crippen molar-refractivity contribution in [2.24, 2.45) is 5.92 Å². The van der Waals surface area contributed by atoms with Gasteiger partial charge in [-0.15, -0.1) is 0 Å². The van der Waals surface area contributed by atoms with Crippen molar-refractivity contribution in [3.63, 3.8) is 0 Å². The minimum Gasteiger partial charge on any atom is -0.480 e. The van der Waals surface area contributed by atoms with Crippen molar-refractivity contribution in [2.45, 2.75) is 56.7 Å². The van der Waals surface area contributed by atoms with E-state index in [-0.39, 0.29) is 13.0 Å². The smallest absolute Gasteiger partial charge is 0.408 e. The summed E-state index contributed by atoms with van der Waals surface area (Å²) in [5, 5.41) is 15.7. The zero-order chi connectivity index (χ0) is 27.3. The number of hydrogen-bond acceptors (Lipinski definition) is 5. The third-order valence-electron chi connectivity index (χ3n) is 7.10. The minimum atomic E-state index is -4.07. The van der Waals surface area contributed by atoms with E-state index in [0.717, 1.165) is 22.0 Å².